The molecule has 1 aliphatic heterocycles. The van der Waals surface area contributed by atoms with Crippen molar-refractivity contribution in [3.05, 3.63) is 40.1 Å². The van der Waals surface area contributed by atoms with Gasteiger partial charge in [-0.1, -0.05) is 5.56 Å². The van der Waals surface area contributed by atoms with E-state index in [4.69, 9.17) is 0 Å². The molecule has 0 spiro atoms. The van der Waals surface area contributed by atoms with Crippen molar-refractivity contribution in [2.75, 3.05) is 0 Å². The van der Waals surface area contributed by atoms with Gasteiger partial charge in [0.2, 0.25) is 5.69 Å². The molecule has 2 rings (SSSR count). The molecule has 1 heterocycles. The van der Waals surface area contributed by atoms with E-state index in [1.807, 2.05) is 0 Å². The van der Waals surface area contributed by atoms with Crippen molar-refractivity contribution >= 4 is 11.9 Å². The standard InChI is InChI=1S/C15H20N/c1-10-8-12(3)15(13(4)9-10)16-7-6-11(2)14(16)5/h7-9H,6H2,1-5H3/q+1. The largest absolute Gasteiger partial charge is 0.216 e. The number of benzene rings is 1. The van der Waals surface area contributed by atoms with Gasteiger partial charge in [0.15, 0.2) is 11.9 Å². The first-order chi connectivity index (χ1) is 7.50. The van der Waals surface area contributed by atoms with Crippen LogP contribution in [0.15, 0.2) is 23.4 Å². The summed E-state index contributed by atoms with van der Waals surface area (Å²) in [5.41, 5.74) is 8.29. The van der Waals surface area contributed by atoms with Crippen molar-refractivity contribution < 1.29 is 4.58 Å². The van der Waals surface area contributed by atoms with Crippen LogP contribution in [-0.4, -0.2) is 10.8 Å². The average Bonchev–Trinajstić information content (AvgIpc) is 2.48. The van der Waals surface area contributed by atoms with Crippen molar-refractivity contribution in [1.29, 1.82) is 0 Å². The highest BCUT2D eigenvalue weighted by Crippen LogP contribution is 2.30. The minimum Gasteiger partial charge on any atom is -0.168 e. The molecule has 84 valence electrons. The molecule has 16 heavy (non-hydrogen) atoms. The average molecular weight is 214 g/mol. The molecule has 0 atom stereocenters. The van der Waals surface area contributed by atoms with Gasteiger partial charge in [-0.2, -0.15) is 4.58 Å². The highest BCUT2D eigenvalue weighted by atomic mass is 15.0. The van der Waals surface area contributed by atoms with E-state index < -0.39 is 0 Å². The number of hydrogen-bond acceptors (Lipinski definition) is 0. The quantitative estimate of drug-likeness (QED) is 0.621. The van der Waals surface area contributed by atoms with Gasteiger partial charge in [-0.3, -0.25) is 0 Å². The second-order valence-corrected chi connectivity index (χ2v) is 4.87. The molecule has 0 N–H and O–H groups in total. The topological polar surface area (TPSA) is 3.01 Å². The molecular formula is C15H20N+. The van der Waals surface area contributed by atoms with Gasteiger partial charge in [0.25, 0.3) is 0 Å². The first-order valence-corrected chi connectivity index (χ1v) is 5.87. The van der Waals surface area contributed by atoms with Crippen LogP contribution in [0.3, 0.4) is 0 Å². The van der Waals surface area contributed by atoms with Crippen molar-refractivity contribution in [3.8, 4) is 0 Å². The molecule has 1 nitrogen and oxygen atoms in total. The molecule has 0 amide bonds. The third-order valence-electron chi connectivity index (χ3n) is 3.44. The number of rotatable bonds is 1. The fourth-order valence-corrected chi connectivity index (χ4v) is 2.53. The van der Waals surface area contributed by atoms with Gasteiger partial charge >= 0.3 is 0 Å². The van der Waals surface area contributed by atoms with E-state index >= 15 is 0 Å². The van der Waals surface area contributed by atoms with Crippen LogP contribution in [0.25, 0.3) is 0 Å². The van der Waals surface area contributed by atoms with Crippen molar-refractivity contribution in [3.63, 3.8) is 0 Å². The lowest BCUT2D eigenvalue weighted by molar-refractivity contribution is -0.376. The van der Waals surface area contributed by atoms with Gasteiger partial charge in [-0.25, -0.2) is 0 Å². The number of hydrogen-bond donors (Lipinski definition) is 0. The van der Waals surface area contributed by atoms with E-state index in [0.29, 0.717) is 0 Å². The summed E-state index contributed by atoms with van der Waals surface area (Å²) in [6, 6.07) is 4.52. The van der Waals surface area contributed by atoms with Crippen LogP contribution in [0.5, 0.6) is 0 Å². The van der Waals surface area contributed by atoms with Crippen molar-refractivity contribution in [1.82, 2.24) is 0 Å². The SMILES string of the molecule is CC1=C(C)[N+](c2c(C)cc(C)cc2C)=CC1. The van der Waals surface area contributed by atoms with Crippen LogP contribution >= 0.6 is 0 Å². The summed E-state index contributed by atoms with van der Waals surface area (Å²) in [5, 5.41) is 0. The molecule has 1 heteroatoms. The fraction of sp³-hybridized carbons (Fsp3) is 0.400. The number of allylic oxidation sites excluding steroid dienone is 2. The first kappa shape index (κ1) is 11.1. The van der Waals surface area contributed by atoms with Gasteiger partial charge in [0, 0.05) is 23.6 Å². The normalized spacial score (nSPS) is 15.7. The van der Waals surface area contributed by atoms with Crippen LogP contribution in [-0.2, 0) is 0 Å². The Morgan fingerprint density at radius 1 is 0.938 bits per heavy atom. The predicted octanol–water partition coefficient (Wildman–Crippen LogP) is 4.02. The van der Waals surface area contributed by atoms with Gasteiger partial charge in [0.1, 0.15) is 0 Å². The molecule has 0 saturated heterocycles. The molecule has 0 saturated carbocycles. The summed E-state index contributed by atoms with van der Waals surface area (Å²) >= 11 is 0. The van der Waals surface area contributed by atoms with Gasteiger partial charge < -0.3 is 0 Å². The Morgan fingerprint density at radius 3 is 1.94 bits per heavy atom. The highest BCUT2D eigenvalue weighted by Gasteiger charge is 2.24. The van der Waals surface area contributed by atoms with Crippen LogP contribution in [0, 0.1) is 20.8 Å². The number of aryl methyl sites for hydroxylation is 3. The molecular weight excluding hydrogens is 194 g/mol. The Morgan fingerprint density at radius 2 is 1.50 bits per heavy atom. The lowest BCUT2D eigenvalue weighted by Crippen LogP contribution is -2.04. The smallest absolute Gasteiger partial charge is 0.168 e. The molecule has 0 fully saturated rings. The molecule has 0 aliphatic carbocycles. The van der Waals surface area contributed by atoms with Crippen molar-refractivity contribution in [2.45, 2.75) is 41.0 Å². The Labute approximate surface area is 98.1 Å². The summed E-state index contributed by atoms with van der Waals surface area (Å²) in [5.74, 6) is 0. The van der Waals surface area contributed by atoms with Crippen LogP contribution in [0.1, 0.15) is 37.0 Å². The minimum absolute atomic E-state index is 1.08. The van der Waals surface area contributed by atoms with E-state index in [1.54, 1.807) is 0 Å². The highest BCUT2D eigenvalue weighted by molar-refractivity contribution is 5.64. The minimum atomic E-state index is 1.08. The van der Waals surface area contributed by atoms with Crippen LogP contribution < -0.4 is 0 Å². The second-order valence-electron chi connectivity index (χ2n) is 4.87. The maximum Gasteiger partial charge on any atom is 0.216 e. The lowest BCUT2D eigenvalue weighted by Gasteiger charge is -2.07. The first-order valence-electron chi connectivity index (χ1n) is 5.87. The van der Waals surface area contributed by atoms with Gasteiger partial charge in [-0.05, 0) is 39.8 Å². The fourth-order valence-electron chi connectivity index (χ4n) is 2.53. The lowest BCUT2D eigenvalue weighted by atomic mass is 10.0. The number of nitrogens with zero attached hydrogens (tertiary/aromatic N) is 1. The monoisotopic (exact) mass is 214 g/mol. The van der Waals surface area contributed by atoms with Crippen LogP contribution in [0.4, 0.5) is 5.69 Å². The zero-order valence-corrected chi connectivity index (χ0v) is 10.9. The second kappa shape index (κ2) is 3.89. The Bertz CT molecular complexity index is 481. The molecule has 1 aliphatic rings. The molecule has 1 aromatic carbocycles. The summed E-state index contributed by atoms with van der Waals surface area (Å²) in [6.45, 7) is 11.0. The third-order valence-corrected chi connectivity index (χ3v) is 3.44. The van der Waals surface area contributed by atoms with Crippen LogP contribution in [0.2, 0.25) is 0 Å². The Hall–Kier alpha value is -1.37. The summed E-state index contributed by atoms with van der Waals surface area (Å²) in [7, 11) is 0. The predicted molar refractivity (Wildman–Crippen MR) is 69.6 cm³/mol. The zero-order valence-electron chi connectivity index (χ0n) is 10.9. The Kier molecular flexibility index (Phi) is 2.71. The van der Waals surface area contributed by atoms with Gasteiger partial charge in [-0.15, -0.1) is 0 Å². The van der Waals surface area contributed by atoms with E-state index in [2.05, 4.69) is 57.5 Å². The van der Waals surface area contributed by atoms with E-state index in [0.717, 1.165) is 6.42 Å². The van der Waals surface area contributed by atoms with E-state index in [9.17, 15) is 0 Å². The van der Waals surface area contributed by atoms with E-state index in [-0.39, 0.29) is 0 Å². The zero-order chi connectivity index (χ0) is 11.9. The maximum atomic E-state index is 2.35. The Balaban J connectivity index is 2.59. The molecule has 0 bridgehead atoms. The van der Waals surface area contributed by atoms with Crippen molar-refractivity contribution in [2.24, 2.45) is 0 Å². The van der Waals surface area contributed by atoms with E-state index in [1.165, 1.54) is 33.6 Å². The summed E-state index contributed by atoms with van der Waals surface area (Å²) < 4.78 is 2.35. The summed E-state index contributed by atoms with van der Waals surface area (Å²) in [4.78, 5) is 0. The molecule has 1 aromatic rings. The third kappa shape index (κ3) is 1.71. The molecule has 0 radical (unpaired) electrons. The summed E-state index contributed by atoms with van der Waals surface area (Å²) in [6.07, 6.45) is 3.37. The maximum absolute atomic E-state index is 2.35. The van der Waals surface area contributed by atoms with Gasteiger partial charge in [0.05, 0.1) is 6.42 Å². The molecule has 0 unspecified atom stereocenters. The molecule has 0 aromatic heterocycles.